The van der Waals surface area contributed by atoms with Crippen molar-refractivity contribution in [2.75, 3.05) is 53.4 Å². The van der Waals surface area contributed by atoms with E-state index in [1.54, 1.807) is 0 Å². The lowest BCUT2D eigenvalue weighted by molar-refractivity contribution is -0.0240. The van der Waals surface area contributed by atoms with Gasteiger partial charge in [0.2, 0.25) is 0 Å². The highest BCUT2D eigenvalue weighted by Gasteiger charge is 2.31. The van der Waals surface area contributed by atoms with E-state index in [0.717, 1.165) is 52.1 Å². The highest BCUT2D eigenvalue weighted by Crippen LogP contribution is 2.20. The van der Waals surface area contributed by atoms with Gasteiger partial charge in [0.15, 0.2) is 0 Å². The summed E-state index contributed by atoms with van der Waals surface area (Å²) in [5.41, 5.74) is -0.480. The molecule has 0 atom stereocenters. The molecule has 0 saturated carbocycles. The number of likely N-dealkylation sites (N-methyl/N-ethyl adjacent to an activating group) is 1. The molecule has 0 aromatic rings. The zero-order valence-electron chi connectivity index (χ0n) is 12.6. The van der Waals surface area contributed by atoms with Crippen molar-refractivity contribution in [1.82, 2.24) is 15.1 Å². The lowest BCUT2D eigenvalue weighted by Gasteiger charge is -2.38. The summed E-state index contributed by atoms with van der Waals surface area (Å²) >= 11 is 0. The number of hydrogen-bond donors (Lipinski definition) is 2. The molecule has 1 aliphatic heterocycles. The Morgan fingerprint density at radius 3 is 2.28 bits per heavy atom. The number of nitrogens with one attached hydrogen (secondary N) is 1. The Hall–Kier alpha value is -0.160. The van der Waals surface area contributed by atoms with Crippen LogP contribution in [0.1, 0.15) is 26.7 Å². The van der Waals surface area contributed by atoms with Crippen LogP contribution in [0.3, 0.4) is 0 Å². The minimum Gasteiger partial charge on any atom is -0.388 e. The maximum absolute atomic E-state index is 10.6. The molecule has 1 rings (SSSR count). The summed E-state index contributed by atoms with van der Waals surface area (Å²) in [6, 6.07) is 0. The van der Waals surface area contributed by atoms with Crippen LogP contribution in [0.25, 0.3) is 0 Å². The molecule has 1 aliphatic rings. The lowest BCUT2D eigenvalue weighted by atomic mass is 9.91. The molecule has 1 fully saturated rings. The number of hydrogen-bond acceptors (Lipinski definition) is 4. The number of rotatable bonds is 7. The Labute approximate surface area is 112 Å². The second kappa shape index (κ2) is 7.43. The molecular formula is C14H31N3O. The first-order chi connectivity index (χ1) is 8.41. The van der Waals surface area contributed by atoms with Crippen LogP contribution in [0.2, 0.25) is 0 Å². The van der Waals surface area contributed by atoms with Gasteiger partial charge in [0.25, 0.3) is 0 Å². The fourth-order valence-corrected chi connectivity index (χ4v) is 2.56. The van der Waals surface area contributed by atoms with Gasteiger partial charge in [-0.15, -0.1) is 0 Å². The second-order valence-corrected chi connectivity index (χ2v) is 6.41. The van der Waals surface area contributed by atoms with Gasteiger partial charge in [-0.05, 0) is 45.9 Å². The van der Waals surface area contributed by atoms with E-state index < -0.39 is 5.60 Å². The summed E-state index contributed by atoms with van der Waals surface area (Å²) in [5.74, 6) is 0.650. The van der Waals surface area contributed by atoms with Crippen LogP contribution in [0.15, 0.2) is 0 Å². The lowest BCUT2D eigenvalue weighted by Crippen LogP contribution is -2.51. The third-order valence-electron chi connectivity index (χ3n) is 3.54. The molecule has 0 radical (unpaired) electrons. The Morgan fingerprint density at radius 2 is 1.78 bits per heavy atom. The maximum Gasteiger partial charge on any atom is 0.0798 e. The van der Waals surface area contributed by atoms with E-state index in [-0.39, 0.29) is 0 Å². The minimum atomic E-state index is -0.480. The molecule has 1 saturated heterocycles. The molecule has 2 N–H and O–H groups in total. The predicted octanol–water partition coefficient (Wildman–Crippen LogP) is 0.621. The van der Waals surface area contributed by atoms with Crippen molar-refractivity contribution in [2.45, 2.75) is 32.3 Å². The van der Waals surface area contributed by atoms with Crippen LogP contribution in [0, 0.1) is 5.92 Å². The van der Waals surface area contributed by atoms with E-state index in [0.29, 0.717) is 5.92 Å². The largest absolute Gasteiger partial charge is 0.388 e. The number of piperidine rings is 1. The molecule has 0 spiro atoms. The first kappa shape index (κ1) is 15.9. The van der Waals surface area contributed by atoms with E-state index in [1.165, 1.54) is 0 Å². The van der Waals surface area contributed by atoms with Crippen molar-refractivity contribution in [3.8, 4) is 0 Å². The summed E-state index contributed by atoms with van der Waals surface area (Å²) in [5, 5.41) is 13.9. The van der Waals surface area contributed by atoms with Gasteiger partial charge in [0.1, 0.15) is 0 Å². The SMILES string of the molecule is CC(C)CN(CCN(C)C)CC1(O)CCNCC1. The summed E-state index contributed by atoms with van der Waals surface area (Å²) in [7, 11) is 4.21. The molecule has 0 unspecified atom stereocenters. The molecule has 18 heavy (non-hydrogen) atoms. The van der Waals surface area contributed by atoms with Gasteiger partial charge in [-0.25, -0.2) is 0 Å². The van der Waals surface area contributed by atoms with Gasteiger partial charge >= 0.3 is 0 Å². The van der Waals surface area contributed by atoms with E-state index >= 15 is 0 Å². The molecule has 0 aromatic carbocycles. The summed E-state index contributed by atoms with van der Waals surface area (Å²) < 4.78 is 0. The highest BCUT2D eigenvalue weighted by molar-refractivity contribution is 4.87. The molecule has 1 heterocycles. The quantitative estimate of drug-likeness (QED) is 0.701. The predicted molar refractivity (Wildman–Crippen MR) is 76.9 cm³/mol. The van der Waals surface area contributed by atoms with E-state index in [1.807, 2.05) is 0 Å². The fourth-order valence-electron chi connectivity index (χ4n) is 2.56. The molecule has 108 valence electrons. The van der Waals surface area contributed by atoms with Crippen LogP contribution in [-0.4, -0.2) is 73.9 Å². The third kappa shape index (κ3) is 6.14. The van der Waals surface area contributed by atoms with Gasteiger partial charge in [-0.2, -0.15) is 0 Å². The van der Waals surface area contributed by atoms with Gasteiger partial charge in [-0.1, -0.05) is 13.8 Å². The van der Waals surface area contributed by atoms with Crippen molar-refractivity contribution in [1.29, 1.82) is 0 Å². The van der Waals surface area contributed by atoms with Gasteiger partial charge in [-0.3, -0.25) is 4.90 Å². The fraction of sp³-hybridized carbons (Fsp3) is 1.00. The highest BCUT2D eigenvalue weighted by atomic mass is 16.3. The molecule has 0 bridgehead atoms. The van der Waals surface area contributed by atoms with Gasteiger partial charge in [0.05, 0.1) is 5.60 Å². The third-order valence-corrected chi connectivity index (χ3v) is 3.54. The normalized spacial score (nSPS) is 20.0. The molecular weight excluding hydrogens is 226 g/mol. The van der Waals surface area contributed by atoms with Crippen LogP contribution >= 0.6 is 0 Å². The maximum atomic E-state index is 10.6. The molecule has 0 aromatic heterocycles. The molecule has 0 aliphatic carbocycles. The smallest absolute Gasteiger partial charge is 0.0798 e. The molecule has 0 amide bonds. The zero-order valence-corrected chi connectivity index (χ0v) is 12.6. The van der Waals surface area contributed by atoms with Crippen molar-refractivity contribution in [3.63, 3.8) is 0 Å². The summed E-state index contributed by atoms with van der Waals surface area (Å²) in [6.07, 6.45) is 1.76. The van der Waals surface area contributed by atoms with Crippen molar-refractivity contribution < 1.29 is 5.11 Å². The van der Waals surface area contributed by atoms with Crippen LogP contribution in [0.5, 0.6) is 0 Å². The van der Waals surface area contributed by atoms with Crippen LogP contribution < -0.4 is 5.32 Å². The van der Waals surface area contributed by atoms with Crippen LogP contribution in [0.4, 0.5) is 0 Å². The van der Waals surface area contributed by atoms with Gasteiger partial charge < -0.3 is 15.3 Å². The molecule has 4 nitrogen and oxygen atoms in total. The minimum absolute atomic E-state index is 0.480. The average Bonchev–Trinajstić information content (AvgIpc) is 2.25. The second-order valence-electron chi connectivity index (χ2n) is 6.41. The monoisotopic (exact) mass is 257 g/mol. The standard InChI is InChI=1S/C14H31N3O/c1-13(2)11-17(10-9-16(3)4)12-14(18)5-7-15-8-6-14/h13,15,18H,5-12H2,1-4H3. The van der Waals surface area contributed by atoms with E-state index in [4.69, 9.17) is 0 Å². The Kier molecular flexibility index (Phi) is 6.57. The molecule has 4 heteroatoms. The van der Waals surface area contributed by atoms with E-state index in [9.17, 15) is 5.11 Å². The summed E-state index contributed by atoms with van der Waals surface area (Å²) in [4.78, 5) is 4.63. The van der Waals surface area contributed by atoms with Crippen molar-refractivity contribution >= 4 is 0 Å². The van der Waals surface area contributed by atoms with Crippen molar-refractivity contribution in [3.05, 3.63) is 0 Å². The topological polar surface area (TPSA) is 38.7 Å². The van der Waals surface area contributed by atoms with Crippen LogP contribution in [-0.2, 0) is 0 Å². The Bertz CT molecular complexity index is 225. The first-order valence-electron chi connectivity index (χ1n) is 7.21. The van der Waals surface area contributed by atoms with Crippen molar-refractivity contribution in [2.24, 2.45) is 5.92 Å². The number of nitrogens with zero attached hydrogens (tertiary/aromatic N) is 2. The Balaban J connectivity index is 2.47. The van der Waals surface area contributed by atoms with E-state index in [2.05, 4.69) is 43.1 Å². The average molecular weight is 257 g/mol. The first-order valence-corrected chi connectivity index (χ1v) is 7.21. The Morgan fingerprint density at radius 1 is 1.17 bits per heavy atom. The number of aliphatic hydroxyl groups is 1. The van der Waals surface area contributed by atoms with Gasteiger partial charge in [0, 0.05) is 26.2 Å². The summed E-state index contributed by atoms with van der Waals surface area (Å²) in [6.45, 7) is 10.4. The zero-order chi connectivity index (χ0) is 13.6.